The molecule has 0 amide bonds. The van der Waals surface area contributed by atoms with Crippen LogP contribution in [0.3, 0.4) is 0 Å². The summed E-state index contributed by atoms with van der Waals surface area (Å²) in [6.45, 7) is 5.43. The minimum atomic E-state index is -1.15. The van der Waals surface area contributed by atoms with Gasteiger partial charge in [0.05, 0.1) is 42.1 Å². The number of carboxylic acid groups (broad SMARTS) is 1. The van der Waals surface area contributed by atoms with E-state index in [-0.39, 0.29) is 30.5 Å². The van der Waals surface area contributed by atoms with Crippen LogP contribution in [-0.2, 0) is 19.1 Å². The van der Waals surface area contributed by atoms with Crippen molar-refractivity contribution in [3.8, 4) is 0 Å². The zero-order valence-electron chi connectivity index (χ0n) is 15.9. The van der Waals surface area contributed by atoms with Gasteiger partial charge in [0.15, 0.2) is 0 Å². The quantitative estimate of drug-likeness (QED) is 0.372. The molecule has 0 radical (unpaired) electrons. The van der Waals surface area contributed by atoms with Gasteiger partial charge in [0.2, 0.25) is 0 Å². The third-order valence-corrected chi connectivity index (χ3v) is 4.62. The molecular formula is C20H23Cl2NO5. The number of carbonyl (C=O) groups excluding carboxylic acids is 1. The topological polar surface area (TPSA) is 84.9 Å². The molecule has 1 aliphatic heterocycles. The fraction of sp³-hybridized carbons (Fsp3) is 0.400. The van der Waals surface area contributed by atoms with Crippen LogP contribution in [0.5, 0.6) is 0 Å². The zero-order valence-corrected chi connectivity index (χ0v) is 17.4. The maximum Gasteiger partial charge on any atom is 0.337 e. The number of alkyl halides is 1. The summed E-state index contributed by atoms with van der Waals surface area (Å²) in [6, 6.07) is 6.84. The Morgan fingerprint density at radius 2 is 1.93 bits per heavy atom. The minimum absolute atomic E-state index is 0.0323. The number of carboxylic acids is 1. The molecule has 0 aliphatic carbocycles. The lowest BCUT2D eigenvalue weighted by molar-refractivity contribution is -0.143. The molecule has 0 fully saturated rings. The Labute approximate surface area is 174 Å². The van der Waals surface area contributed by atoms with Gasteiger partial charge in [0, 0.05) is 16.6 Å². The van der Waals surface area contributed by atoms with Crippen molar-refractivity contribution in [2.24, 2.45) is 0 Å². The van der Waals surface area contributed by atoms with E-state index in [4.69, 9.17) is 32.7 Å². The molecule has 1 aromatic carbocycles. The highest BCUT2D eigenvalue weighted by Gasteiger charge is 2.39. The van der Waals surface area contributed by atoms with Crippen molar-refractivity contribution in [1.29, 1.82) is 0 Å². The summed E-state index contributed by atoms with van der Waals surface area (Å²) in [6.07, 6.45) is -0.378. The summed E-state index contributed by atoms with van der Waals surface area (Å²) in [5.74, 6) is -2.37. The van der Waals surface area contributed by atoms with Crippen molar-refractivity contribution in [3.63, 3.8) is 0 Å². The van der Waals surface area contributed by atoms with Gasteiger partial charge in [-0.15, -0.1) is 11.6 Å². The van der Waals surface area contributed by atoms with Crippen molar-refractivity contribution >= 4 is 35.1 Å². The molecule has 0 spiro atoms. The average molecular weight is 428 g/mol. The molecule has 1 aliphatic rings. The van der Waals surface area contributed by atoms with Gasteiger partial charge in [0.1, 0.15) is 0 Å². The van der Waals surface area contributed by atoms with Gasteiger partial charge in [0.25, 0.3) is 0 Å². The molecule has 0 saturated heterocycles. The number of benzene rings is 1. The Kier molecular flexibility index (Phi) is 7.92. The van der Waals surface area contributed by atoms with Crippen LogP contribution in [0.2, 0.25) is 5.02 Å². The smallest absolute Gasteiger partial charge is 0.337 e. The number of dihydropyridines is 1. The fourth-order valence-corrected chi connectivity index (χ4v) is 3.42. The number of aliphatic carboxylic acids is 1. The molecule has 0 aromatic heterocycles. The Morgan fingerprint density at radius 1 is 1.25 bits per heavy atom. The molecule has 1 atom stereocenters. The van der Waals surface area contributed by atoms with Crippen molar-refractivity contribution in [3.05, 3.63) is 57.4 Å². The van der Waals surface area contributed by atoms with Gasteiger partial charge in [-0.25, -0.2) is 9.59 Å². The van der Waals surface area contributed by atoms with E-state index in [9.17, 15) is 14.7 Å². The first-order valence-electron chi connectivity index (χ1n) is 8.81. The number of carbonyl (C=O) groups is 2. The predicted octanol–water partition coefficient (Wildman–Crippen LogP) is 3.85. The molecule has 6 nitrogen and oxygen atoms in total. The Morgan fingerprint density at radius 3 is 2.50 bits per heavy atom. The summed E-state index contributed by atoms with van der Waals surface area (Å²) < 4.78 is 10.9. The van der Waals surface area contributed by atoms with E-state index < -0.39 is 17.9 Å². The second-order valence-electron chi connectivity index (χ2n) is 6.51. The van der Waals surface area contributed by atoms with Crippen LogP contribution in [0.25, 0.3) is 0 Å². The van der Waals surface area contributed by atoms with Crippen LogP contribution in [-0.4, -0.2) is 42.2 Å². The second kappa shape index (κ2) is 9.96. The normalized spacial score (nSPS) is 17.0. The lowest BCUT2D eigenvalue weighted by Crippen LogP contribution is -2.35. The van der Waals surface area contributed by atoms with Crippen LogP contribution in [0.4, 0.5) is 0 Å². The molecule has 2 rings (SSSR count). The third-order valence-electron chi connectivity index (χ3n) is 4.12. The van der Waals surface area contributed by atoms with E-state index in [0.717, 1.165) is 0 Å². The Hall–Kier alpha value is -2.02. The standard InChI is InChI=1S/C20H23Cl2NO5/c1-11(2)28-20(26)18-15(10-27-9-8-21)23-12(3)16(19(24)25)17(18)13-6-4-5-7-14(13)22/h4-7,11,17,23H,8-10H2,1-3H3,(H,24,25). The summed E-state index contributed by atoms with van der Waals surface area (Å²) in [5, 5.41) is 13.2. The first kappa shape index (κ1) is 22.3. The van der Waals surface area contributed by atoms with E-state index in [0.29, 0.717) is 27.9 Å². The third kappa shape index (κ3) is 5.07. The van der Waals surface area contributed by atoms with Gasteiger partial charge in [-0.2, -0.15) is 0 Å². The summed E-state index contributed by atoms with van der Waals surface area (Å²) in [4.78, 5) is 25.0. The maximum atomic E-state index is 13.0. The van der Waals surface area contributed by atoms with E-state index >= 15 is 0 Å². The second-order valence-corrected chi connectivity index (χ2v) is 7.30. The minimum Gasteiger partial charge on any atom is -0.478 e. The average Bonchev–Trinajstić information content (AvgIpc) is 2.60. The molecule has 28 heavy (non-hydrogen) atoms. The van der Waals surface area contributed by atoms with E-state index in [2.05, 4.69) is 5.32 Å². The number of ether oxygens (including phenoxy) is 2. The van der Waals surface area contributed by atoms with Gasteiger partial charge in [-0.3, -0.25) is 0 Å². The molecule has 1 aromatic rings. The largest absolute Gasteiger partial charge is 0.478 e. The summed E-state index contributed by atoms with van der Waals surface area (Å²) in [7, 11) is 0. The predicted molar refractivity (Wildman–Crippen MR) is 107 cm³/mol. The van der Waals surface area contributed by atoms with Crippen molar-refractivity contribution < 1.29 is 24.2 Å². The maximum absolute atomic E-state index is 13.0. The van der Waals surface area contributed by atoms with Crippen molar-refractivity contribution in [2.45, 2.75) is 32.8 Å². The van der Waals surface area contributed by atoms with Crippen LogP contribution >= 0.6 is 23.2 Å². The lowest BCUT2D eigenvalue weighted by atomic mass is 9.80. The van der Waals surface area contributed by atoms with E-state index in [1.807, 2.05) is 0 Å². The highest BCUT2D eigenvalue weighted by atomic mass is 35.5. The molecule has 0 saturated carbocycles. The number of hydrogen-bond donors (Lipinski definition) is 2. The van der Waals surface area contributed by atoms with Crippen molar-refractivity contribution in [1.82, 2.24) is 5.32 Å². The van der Waals surface area contributed by atoms with Gasteiger partial charge < -0.3 is 19.9 Å². The number of nitrogens with one attached hydrogen (secondary N) is 1. The number of rotatable bonds is 8. The molecule has 1 unspecified atom stereocenters. The zero-order chi connectivity index (χ0) is 20.8. The summed E-state index contributed by atoms with van der Waals surface area (Å²) in [5.41, 5.74) is 1.54. The lowest BCUT2D eigenvalue weighted by Gasteiger charge is -2.31. The first-order valence-corrected chi connectivity index (χ1v) is 9.72. The number of hydrogen-bond acceptors (Lipinski definition) is 5. The van der Waals surface area contributed by atoms with E-state index in [1.165, 1.54) is 0 Å². The highest BCUT2D eigenvalue weighted by Crippen LogP contribution is 2.41. The number of halogens is 2. The van der Waals surface area contributed by atoms with Crippen LogP contribution in [0, 0.1) is 0 Å². The Bertz CT molecular complexity index is 817. The summed E-state index contributed by atoms with van der Waals surface area (Å²) >= 11 is 12.0. The molecular weight excluding hydrogens is 405 g/mol. The van der Waals surface area contributed by atoms with Gasteiger partial charge in [-0.1, -0.05) is 29.8 Å². The number of allylic oxidation sites excluding steroid dienone is 1. The molecule has 0 bridgehead atoms. The first-order chi connectivity index (χ1) is 13.3. The van der Waals surface area contributed by atoms with Crippen molar-refractivity contribution in [2.75, 3.05) is 19.1 Å². The SMILES string of the molecule is CC1=C(C(=O)O)C(c2ccccc2Cl)C(C(=O)OC(C)C)=C(COCCCl)N1. The molecule has 2 N–H and O–H groups in total. The molecule has 8 heteroatoms. The van der Waals surface area contributed by atoms with Crippen LogP contribution in [0.15, 0.2) is 46.8 Å². The monoisotopic (exact) mass is 427 g/mol. The van der Waals surface area contributed by atoms with Gasteiger partial charge in [-0.05, 0) is 32.4 Å². The molecule has 1 heterocycles. The number of esters is 1. The molecule has 152 valence electrons. The fourth-order valence-electron chi connectivity index (χ4n) is 3.06. The highest BCUT2D eigenvalue weighted by molar-refractivity contribution is 6.31. The van der Waals surface area contributed by atoms with Crippen LogP contribution in [0.1, 0.15) is 32.3 Å². The van der Waals surface area contributed by atoms with Gasteiger partial charge >= 0.3 is 11.9 Å². The van der Waals surface area contributed by atoms with E-state index in [1.54, 1.807) is 45.0 Å². The Balaban J connectivity index is 2.66. The van der Waals surface area contributed by atoms with Crippen LogP contribution < -0.4 is 5.32 Å².